The summed E-state index contributed by atoms with van der Waals surface area (Å²) >= 11 is 0. The second kappa shape index (κ2) is 8.72. The topological polar surface area (TPSA) is 85.1 Å². The second-order valence-electron chi connectivity index (χ2n) is 7.24. The Morgan fingerprint density at radius 3 is 2.50 bits per heavy atom. The third-order valence-corrected chi connectivity index (χ3v) is 5.05. The summed E-state index contributed by atoms with van der Waals surface area (Å²) in [7, 11) is 2.10. The maximum absolute atomic E-state index is 13.0. The highest BCUT2D eigenvalue weighted by Gasteiger charge is 2.20. The van der Waals surface area contributed by atoms with Crippen molar-refractivity contribution in [3.63, 3.8) is 0 Å². The Hall–Kier alpha value is -3.76. The van der Waals surface area contributed by atoms with Crippen LogP contribution in [0.5, 0.6) is 0 Å². The zero-order chi connectivity index (χ0) is 20.9. The van der Waals surface area contributed by atoms with E-state index in [9.17, 15) is 4.79 Å². The quantitative estimate of drug-likeness (QED) is 0.727. The molecule has 1 saturated heterocycles. The van der Waals surface area contributed by atoms with Crippen molar-refractivity contribution in [2.75, 3.05) is 43.4 Å². The molecule has 4 rings (SSSR count). The van der Waals surface area contributed by atoms with Crippen molar-refractivity contribution < 1.29 is 4.79 Å². The number of nitrogens with one attached hydrogen (secondary N) is 1. The molecule has 0 spiro atoms. The standard InChI is InChI=1S/C23H22N6O/c1-28-10-12-29(13-11-28)21-15-20(26-22(27-21)18-7-3-2-4-8-18)23(30)25-19-9-5-6-17(14-19)16-24/h2-9,14-15H,10-13H2,1H3,(H,25,30). The van der Waals surface area contributed by atoms with Gasteiger partial charge in [-0.3, -0.25) is 4.79 Å². The highest BCUT2D eigenvalue weighted by Crippen LogP contribution is 2.22. The molecule has 150 valence electrons. The average Bonchev–Trinajstić information content (AvgIpc) is 2.80. The summed E-state index contributed by atoms with van der Waals surface area (Å²) in [5.74, 6) is 0.927. The smallest absolute Gasteiger partial charge is 0.274 e. The summed E-state index contributed by atoms with van der Waals surface area (Å²) in [6, 6.07) is 20.3. The fourth-order valence-electron chi connectivity index (χ4n) is 3.33. The molecule has 1 aliphatic rings. The van der Waals surface area contributed by atoms with Crippen LogP contribution in [0.25, 0.3) is 11.4 Å². The van der Waals surface area contributed by atoms with Crippen LogP contribution in [-0.2, 0) is 0 Å². The van der Waals surface area contributed by atoms with Gasteiger partial charge in [-0.2, -0.15) is 5.26 Å². The van der Waals surface area contributed by atoms with E-state index < -0.39 is 0 Å². The Bertz CT molecular complexity index is 1080. The number of amides is 1. The summed E-state index contributed by atoms with van der Waals surface area (Å²) in [6.07, 6.45) is 0. The summed E-state index contributed by atoms with van der Waals surface area (Å²) in [5.41, 5.74) is 2.19. The molecule has 30 heavy (non-hydrogen) atoms. The minimum Gasteiger partial charge on any atom is -0.354 e. The third-order valence-electron chi connectivity index (χ3n) is 5.05. The lowest BCUT2D eigenvalue weighted by molar-refractivity contribution is 0.102. The van der Waals surface area contributed by atoms with E-state index in [-0.39, 0.29) is 5.91 Å². The van der Waals surface area contributed by atoms with E-state index in [1.165, 1.54) is 0 Å². The molecular weight excluding hydrogens is 376 g/mol. The Morgan fingerprint density at radius 2 is 1.77 bits per heavy atom. The maximum atomic E-state index is 13.0. The minimum absolute atomic E-state index is 0.292. The van der Waals surface area contributed by atoms with Gasteiger partial charge in [0.2, 0.25) is 0 Å². The van der Waals surface area contributed by atoms with Crippen molar-refractivity contribution in [2.45, 2.75) is 0 Å². The van der Waals surface area contributed by atoms with Crippen LogP contribution < -0.4 is 10.2 Å². The molecule has 2 heterocycles. The van der Waals surface area contributed by atoms with E-state index in [0.717, 1.165) is 37.6 Å². The maximum Gasteiger partial charge on any atom is 0.274 e. The Labute approximate surface area is 175 Å². The molecule has 0 saturated carbocycles. The van der Waals surface area contributed by atoms with Gasteiger partial charge >= 0.3 is 0 Å². The van der Waals surface area contributed by atoms with Crippen molar-refractivity contribution in [1.29, 1.82) is 5.26 Å². The fraction of sp³-hybridized carbons (Fsp3) is 0.217. The third kappa shape index (κ3) is 4.45. The molecule has 1 aliphatic heterocycles. The van der Waals surface area contributed by atoms with Gasteiger partial charge in [0, 0.05) is 43.5 Å². The van der Waals surface area contributed by atoms with Crippen LogP contribution in [0.4, 0.5) is 11.5 Å². The Morgan fingerprint density at radius 1 is 1.00 bits per heavy atom. The molecule has 2 aromatic carbocycles. The first-order valence-corrected chi connectivity index (χ1v) is 9.82. The van der Waals surface area contributed by atoms with Gasteiger partial charge in [-0.25, -0.2) is 9.97 Å². The summed E-state index contributed by atoms with van der Waals surface area (Å²) in [4.78, 5) is 26.7. The summed E-state index contributed by atoms with van der Waals surface area (Å²) < 4.78 is 0. The molecule has 0 unspecified atom stereocenters. The number of likely N-dealkylation sites (N-methyl/N-ethyl adjacent to an activating group) is 1. The molecule has 1 amide bonds. The van der Waals surface area contributed by atoms with Crippen molar-refractivity contribution in [1.82, 2.24) is 14.9 Å². The van der Waals surface area contributed by atoms with Crippen LogP contribution in [0.15, 0.2) is 60.7 Å². The number of benzene rings is 2. The van der Waals surface area contributed by atoms with Gasteiger partial charge in [0.25, 0.3) is 5.91 Å². The van der Waals surface area contributed by atoms with Crippen molar-refractivity contribution in [2.24, 2.45) is 0 Å². The van der Waals surface area contributed by atoms with E-state index in [4.69, 9.17) is 10.2 Å². The van der Waals surface area contributed by atoms with Gasteiger partial charge in [-0.1, -0.05) is 36.4 Å². The number of nitriles is 1. The van der Waals surface area contributed by atoms with Gasteiger partial charge in [-0.15, -0.1) is 0 Å². The minimum atomic E-state index is -0.333. The van der Waals surface area contributed by atoms with Gasteiger partial charge < -0.3 is 15.1 Å². The first-order valence-electron chi connectivity index (χ1n) is 9.82. The summed E-state index contributed by atoms with van der Waals surface area (Å²) in [5, 5.41) is 11.9. The zero-order valence-electron chi connectivity index (χ0n) is 16.7. The zero-order valence-corrected chi connectivity index (χ0v) is 16.7. The molecule has 7 heteroatoms. The number of carbonyl (C=O) groups excluding carboxylic acids is 1. The number of aromatic nitrogens is 2. The Kier molecular flexibility index (Phi) is 5.68. The Balaban J connectivity index is 1.68. The lowest BCUT2D eigenvalue weighted by Gasteiger charge is -2.33. The predicted molar refractivity (Wildman–Crippen MR) is 116 cm³/mol. The van der Waals surface area contributed by atoms with Crippen LogP contribution >= 0.6 is 0 Å². The van der Waals surface area contributed by atoms with Gasteiger partial charge in [0.15, 0.2) is 5.82 Å². The predicted octanol–water partition coefficient (Wildman–Crippen LogP) is 3.02. The van der Waals surface area contributed by atoms with E-state index in [0.29, 0.717) is 22.8 Å². The number of piperazine rings is 1. The lowest BCUT2D eigenvalue weighted by atomic mass is 10.2. The molecule has 1 fully saturated rings. The molecule has 0 radical (unpaired) electrons. The second-order valence-corrected chi connectivity index (χ2v) is 7.24. The van der Waals surface area contributed by atoms with Crippen LogP contribution in [-0.4, -0.2) is 54.0 Å². The SMILES string of the molecule is CN1CCN(c2cc(C(=O)Nc3cccc(C#N)c3)nc(-c3ccccc3)n2)CC1. The first kappa shape index (κ1) is 19.6. The molecule has 1 N–H and O–H groups in total. The largest absolute Gasteiger partial charge is 0.354 e. The van der Waals surface area contributed by atoms with E-state index in [1.807, 2.05) is 30.3 Å². The molecule has 3 aromatic rings. The molecular formula is C23H22N6O. The first-order chi connectivity index (χ1) is 14.6. The number of carbonyl (C=O) groups is 1. The monoisotopic (exact) mass is 398 g/mol. The molecule has 0 atom stereocenters. The number of nitrogens with zero attached hydrogens (tertiary/aromatic N) is 5. The van der Waals surface area contributed by atoms with E-state index in [1.54, 1.807) is 30.3 Å². The molecule has 7 nitrogen and oxygen atoms in total. The highest BCUT2D eigenvalue weighted by molar-refractivity contribution is 6.03. The van der Waals surface area contributed by atoms with Crippen molar-refractivity contribution >= 4 is 17.4 Å². The number of rotatable bonds is 4. The average molecular weight is 398 g/mol. The van der Waals surface area contributed by atoms with Crippen LogP contribution in [0.2, 0.25) is 0 Å². The van der Waals surface area contributed by atoms with Crippen molar-refractivity contribution in [3.8, 4) is 17.5 Å². The number of hydrogen-bond donors (Lipinski definition) is 1. The van der Waals surface area contributed by atoms with Gasteiger partial charge in [-0.05, 0) is 25.2 Å². The van der Waals surface area contributed by atoms with Crippen LogP contribution in [0, 0.1) is 11.3 Å². The number of hydrogen-bond acceptors (Lipinski definition) is 6. The molecule has 1 aromatic heterocycles. The summed E-state index contributed by atoms with van der Waals surface area (Å²) in [6.45, 7) is 3.56. The van der Waals surface area contributed by atoms with E-state index in [2.05, 4.69) is 33.2 Å². The van der Waals surface area contributed by atoms with Gasteiger partial charge in [0.1, 0.15) is 11.5 Å². The fourth-order valence-corrected chi connectivity index (χ4v) is 3.33. The van der Waals surface area contributed by atoms with Crippen LogP contribution in [0.3, 0.4) is 0 Å². The molecule has 0 aliphatic carbocycles. The van der Waals surface area contributed by atoms with Crippen LogP contribution in [0.1, 0.15) is 16.1 Å². The van der Waals surface area contributed by atoms with E-state index >= 15 is 0 Å². The lowest BCUT2D eigenvalue weighted by Crippen LogP contribution is -2.45. The number of anilines is 2. The van der Waals surface area contributed by atoms with Gasteiger partial charge in [0.05, 0.1) is 11.6 Å². The highest BCUT2D eigenvalue weighted by atomic mass is 16.1. The molecule has 0 bridgehead atoms. The normalized spacial score (nSPS) is 14.2. The van der Waals surface area contributed by atoms with Crippen molar-refractivity contribution in [3.05, 3.63) is 71.9 Å².